The Balaban J connectivity index is 1.97. The molecular weight excluding hydrogens is 399 g/mol. The van der Waals surface area contributed by atoms with Gasteiger partial charge >= 0.3 is 0 Å². The van der Waals surface area contributed by atoms with Crippen LogP contribution in [0.3, 0.4) is 0 Å². The molecule has 2 amide bonds. The highest BCUT2D eigenvalue weighted by atomic mass is 32.2. The molecule has 10 heteroatoms. The monoisotopic (exact) mass is 420 g/mol. The van der Waals surface area contributed by atoms with E-state index in [1.165, 1.54) is 4.90 Å². The van der Waals surface area contributed by atoms with E-state index in [0.29, 0.717) is 5.56 Å². The van der Waals surface area contributed by atoms with Crippen LogP contribution in [0.15, 0.2) is 59.5 Å². The van der Waals surface area contributed by atoms with Crippen molar-refractivity contribution in [1.82, 2.24) is 14.5 Å². The molecule has 1 aliphatic rings. The Morgan fingerprint density at radius 2 is 1.72 bits per heavy atom. The number of sulfonamides is 1. The summed E-state index contributed by atoms with van der Waals surface area (Å²) in [6.45, 7) is 0.261. The second kappa shape index (κ2) is 8.68. The van der Waals surface area contributed by atoms with E-state index in [4.69, 9.17) is 5.73 Å². The van der Waals surface area contributed by atoms with Crippen LogP contribution in [0.5, 0.6) is 0 Å². The number of nitrogens with zero attached hydrogens (tertiary/aromatic N) is 2. The maximum absolute atomic E-state index is 13.2. The molecule has 29 heavy (non-hydrogen) atoms. The number of hydrogen-bond acceptors (Lipinski definition) is 5. The maximum Gasteiger partial charge on any atom is 0.259 e. The molecule has 1 aliphatic heterocycles. The van der Waals surface area contributed by atoms with E-state index in [1.54, 1.807) is 30.3 Å². The van der Waals surface area contributed by atoms with Crippen molar-refractivity contribution in [2.24, 2.45) is 5.73 Å². The van der Waals surface area contributed by atoms with Crippen molar-refractivity contribution in [3.63, 3.8) is 0 Å². The number of benzene rings is 2. The quantitative estimate of drug-likeness (QED) is 0.701. The summed E-state index contributed by atoms with van der Waals surface area (Å²) in [6.07, 6.45) is -1.37. The molecule has 154 valence electrons. The van der Waals surface area contributed by atoms with E-state index < -0.39 is 33.8 Å². The van der Waals surface area contributed by atoms with Crippen molar-refractivity contribution in [2.45, 2.75) is 11.1 Å². The third-order valence-electron chi connectivity index (χ3n) is 4.51. The lowest BCUT2D eigenvalue weighted by Crippen LogP contribution is -2.54. The Morgan fingerprint density at radius 1 is 1.07 bits per heavy atom. The number of carbonyl (C=O) groups is 2. The molecule has 0 bridgehead atoms. The molecule has 1 unspecified atom stereocenters. The van der Waals surface area contributed by atoms with Crippen molar-refractivity contribution in [2.75, 3.05) is 26.2 Å². The molecule has 1 fully saturated rings. The van der Waals surface area contributed by atoms with Crippen molar-refractivity contribution in [3.8, 4) is 0 Å². The number of hydrogen-bond donors (Lipinski definition) is 2. The molecule has 2 aromatic carbocycles. The smallest absolute Gasteiger partial charge is 0.259 e. The summed E-state index contributed by atoms with van der Waals surface area (Å²) >= 11 is 0. The summed E-state index contributed by atoms with van der Waals surface area (Å²) in [5.74, 6) is -1.69. The normalized spacial score (nSPS) is 17.3. The second-order valence-corrected chi connectivity index (χ2v) is 8.28. The lowest BCUT2D eigenvalue weighted by Gasteiger charge is -2.28. The van der Waals surface area contributed by atoms with Gasteiger partial charge in [-0.25, -0.2) is 12.8 Å². The standard InChI is InChI=1S/C19H21FN4O4S/c20-15-6-8-16(9-7-15)29(27,28)24-13-12-23(18(24)17(25)22-11-10-21)19(26)14-4-2-1-3-5-14/h1-9,18H,10-13,21H2,(H,22,25). The zero-order valence-corrected chi connectivity index (χ0v) is 16.3. The number of nitrogens with one attached hydrogen (secondary N) is 1. The van der Waals surface area contributed by atoms with Gasteiger partial charge in [0.1, 0.15) is 5.82 Å². The zero-order chi connectivity index (χ0) is 21.0. The van der Waals surface area contributed by atoms with Crippen LogP contribution in [0, 0.1) is 5.82 Å². The molecule has 0 aromatic heterocycles. The van der Waals surface area contributed by atoms with E-state index in [2.05, 4.69) is 5.32 Å². The van der Waals surface area contributed by atoms with Crippen molar-refractivity contribution in [3.05, 3.63) is 66.0 Å². The average molecular weight is 420 g/mol. The van der Waals surface area contributed by atoms with Crippen LogP contribution in [0.2, 0.25) is 0 Å². The predicted octanol–water partition coefficient (Wildman–Crippen LogP) is 0.373. The number of carbonyl (C=O) groups excluding carboxylic acids is 2. The molecule has 3 N–H and O–H groups in total. The van der Waals surface area contributed by atoms with Gasteiger partial charge in [0.05, 0.1) is 4.90 Å². The fourth-order valence-corrected chi connectivity index (χ4v) is 4.66. The summed E-state index contributed by atoms with van der Waals surface area (Å²) in [7, 11) is -4.14. The predicted molar refractivity (Wildman–Crippen MR) is 104 cm³/mol. The highest BCUT2D eigenvalue weighted by Gasteiger charge is 2.46. The Labute approximate surface area is 168 Å². The van der Waals surface area contributed by atoms with Gasteiger partial charge < -0.3 is 16.0 Å². The van der Waals surface area contributed by atoms with E-state index in [9.17, 15) is 22.4 Å². The molecule has 0 aliphatic carbocycles. The minimum atomic E-state index is -4.14. The number of nitrogens with two attached hydrogens (primary N) is 1. The number of halogens is 1. The zero-order valence-electron chi connectivity index (χ0n) is 15.5. The van der Waals surface area contributed by atoms with E-state index in [0.717, 1.165) is 28.6 Å². The lowest BCUT2D eigenvalue weighted by molar-refractivity contribution is -0.127. The molecule has 1 atom stereocenters. The molecular formula is C19H21FN4O4S. The van der Waals surface area contributed by atoms with E-state index >= 15 is 0 Å². The van der Waals surface area contributed by atoms with Gasteiger partial charge in [-0.05, 0) is 36.4 Å². The summed E-state index contributed by atoms with van der Waals surface area (Å²) in [4.78, 5) is 26.8. The van der Waals surface area contributed by atoms with Gasteiger partial charge in [-0.2, -0.15) is 4.31 Å². The van der Waals surface area contributed by atoms with Crippen LogP contribution in [-0.4, -0.2) is 61.8 Å². The summed E-state index contributed by atoms with van der Waals surface area (Å²) in [5.41, 5.74) is 5.76. The number of rotatable bonds is 6. The SMILES string of the molecule is NCCNC(=O)C1N(C(=O)c2ccccc2)CCN1S(=O)(=O)c1ccc(F)cc1. The third-order valence-corrected chi connectivity index (χ3v) is 6.38. The van der Waals surface area contributed by atoms with Crippen molar-refractivity contribution < 1.29 is 22.4 Å². The molecule has 0 radical (unpaired) electrons. The molecule has 8 nitrogen and oxygen atoms in total. The average Bonchev–Trinajstić information content (AvgIpc) is 3.18. The molecule has 3 rings (SSSR count). The van der Waals surface area contributed by atoms with Crippen LogP contribution in [0.4, 0.5) is 4.39 Å². The van der Waals surface area contributed by atoms with Crippen LogP contribution in [0.1, 0.15) is 10.4 Å². The van der Waals surface area contributed by atoms with Crippen LogP contribution < -0.4 is 11.1 Å². The first kappa shape index (κ1) is 20.9. The van der Waals surface area contributed by atoms with Gasteiger partial charge in [0.25, 0.3) is 11.8 Å². The molecule has 2 aromatic rings. The minimum absolute atomic E-state index is 0.0366. The molecule has 0 spiro atoms. The fraction of sp³-hybridized carbons (Fsp3) is 0.263. The van der Waals surface area contributed by atoms with E-state index in [-0.39, 0.29) is 31.1 Å². The first-order chi connectivity index (χ1) is 13.9. The fourth-order valence-electron chi connectivity index (χ4n) is 3.12. The van der Waals surface area contributed by atoms with Gasteiger partial charge in [0.15, 0.2) is 6.17 Å². The van der Waals surface area contributed by atoms with Gasteiger partial charge in [-0.1, -0.05) is 18.2 Å². The molecule has 1 saturated heterocycles. The lowest BCUT2D eigenvalue weighted by atomic mass is 10.2. The van der Waals surface area contributed by atoms with Gasteiger partial charge in [-0.3, -0.25) is 9.59 Å². The largest absolute Gasteiger partial charge is 0.352 e. The second-order valence-electron chi connectivity index (χ2n) is 6.39. The summed E-state index contributed by atoms with van der Waals surface area (Å²) in [5, 5.41) is 2.55. The number of amides is 2. The van der Waals surface area contributed by atoms with Gasteiger partial charge in [0.2, 0.25) is 10.0 Å². The topological polar surface area (TPSA) is 113 Å². The Morgan fingerprint density at radius 3 is 2.34 bits per heavy atom. The molecule has 1 heterocycles. The van der Waals surface area contributed by atoms with Crippen LogP contribution in [0.25, 0.3) is 0 Å². The third kappa shape index (κ3) is 4.29. The van der Waals surface area contributed by atoms with Crippen molar-refractivity contribution in [1.29, 1.82) is 0 Å². The van der Waals surface area contributed by atoms with E-state index in [1.807, 2.05) is 0 Å². The highest BCUT2D eigenvalue weighted by molar-refractivity contribution is 7.89. The van der Waals surface area contributed by atoms with Gasteiger partial charge in [-0.15, -0.1) is 0 Å². The first-order valence-corrected chi connectivity index (χ1v) is 10.4. The summed E-state index contributed by atoms with van der Waals surface area (Å²) < 4.78 is 40.4. The first-order valence-electron chi connectivity index (χ1n) is 8.97. The Hall–Kier alpha value is -2.82. The minimum Gasteiger partial charge on any atom is -0.352 e. The Bertz CT molecular complexity index is 983. The van der Waals surface area contributed by atoms with Crippen LogP contribution in [-0.2, 0) is 14.8 Å². The van der Waals surface area contributed by atoms with Gasteiger partial charge in [0, 0.05) is 31.7 Å². The highest BCUT2D eigenvalue weighted by Crippen LogP contribution is 2.26. The Kier molecular flexibility index (Phi) is 6.26. The van der Waals surface area contributed by atoms with Crippen molar-refractivity contribution >= 4 is 21.8 Å². The summed E-state index contributed by atoms with van der Waals surface area (Å²) in [6, 6.07) is 12.6. The maximum atomic E-state index is 13.2. The molecule has 0 saturated carbocycles. The van der Waals surface area contributed by atoms with Crippen LogP contribution >= 0.6 is 0 Å².